The summed E-state index contributed by atoms with van der Waals surface area (Å²) in [6, 6.07) is 10.3. The fourth-order valence-electron chi connectivity index (χ4n) is 3.59. The number of piperidine rings is 1. The number of benzene rings is 1. The van der Waals surface area contributed by atoms with Gasteiger partial charge in [-0.25, -0.2) is 9.78 Å². The normalized spacial score (nSPS) is 14.7. The number of aryl methyl sites for hydroxylation is 1. The van der Waals surface area contributed by atoms with Crippen LogP contribution in [0.25, 0.3) is 10.2 Å². The Bertz CT molecular complexity index is 1000. The zero-order valence-corrected chi connectivity index (χ0v) is 18.1. The molecule has 1 N–H and O–H groups in total. The first-order valence-electron chi connectivity index (χ1n) is 10.3. The van der Waals surface area contributed by atoms with Crippen molar-refractivity contribution in [1.29, 1.82) is 0 Å². The van der Waals surface area contributed by atoms with Crippen LogP contribution in [0, 0.1) is 6.92 Å². The Hall–Kier alpha value is -2.87. The molecule has 1 fully saturated rings. The van der Waals surface area contributed by atoms with Crippen molar-refractivity contribution in [3.05, 3.63) is 46.8 Å². The number of nitrogens with zero attached hydrogens (tertiary/aromatic N) is 3. The minimum absolute atomic E-state index is 0.122. The minimum Gasteiger partial charge on any atom is -0.435 e. The van der Waals surface area contributed by atoms with Gasteiger partial charge in [-0.15, -0.1) is 11.3 Å². The van der Waals surface area contributed by atoms with Gasteiger partial charge in [0.05, 0.1) is 12.0 Å². The highest BCUT2D eigenvalue weighted by Crippen LogP contribution is 2.32. The number of ether oxygens (including phenoxy) is 2. The Kier molecular flexibility index (Phi) is 6.32. The summed E-state index contributed by atoms with van der Waals surface area (Å²) in [4.78, 5) is 24.4. The molecular formula is C22H26N4O3S. The van der Waals surface area contributed by atoms with Crippen molar-refractivity contribution in [3.63, 3.8) is 0 Å². The van der Waals surface area contributed by atoms with Gasteiger partial charge in [0, 0.05) is 32.5 Å². The molecule has 1 aliphatic heterocycles. The molecule has 7 nitrogen and oxygen atoms in total. The lowest BCUT2D eigenvalue weighted by Gasteiger charge is -2.31. The number of carbonyl (C=O) groups is 1. The Labute approximate surface area is 180 Å². The zero-order chi connectivity index (χ0) is 20.9. The van der Waals surface area contributed by atoms with E-state index >= 15 is 0 Å². The van der Waals surface area contributed by atoms with Gasteiger partial charge >= 0.3 is 6.16 Å². The van der Waals surface area contributed by atoms with Crippen molar-refractivity contribution >= 4 is 39.5 Å². The van der Waals surface area contributed by atoms with Gasteiger partial charge in [-0.1, -0.05) is 30.3 Å². The maximum atomic E-state index is 11.6. The number of hydrogen-bond acceptors (Lipinski definition) is 8. The molecule has 158 valence electrons. The molecular weight excluding hydrogens is 400 g/mol. The van der Waals surface area contributed by atoms with Gasteiger partial charge in [0.15, 0.2) is 0 Å². The summed E-state index contributed by atoms with van der Waals surface area (Å²) in [7, 11) is 0. The van der Waals surface area contributed by atoms with E-state index in [9.17, 15) is 4.79 Å². The molecule has 8 heteroatoms. The Balaban J connectivity index is 1.49. The Morgan fingerprint density at radius 1 is 1.23 bits per heavy atom. The molecule has 30 heavy (non-hydrogen) atoms. The maximum absolute atomic E-state index is 11.6. The number of fused-ring (bicyclic) bond motifs is 1. The second kappa shape index (κ2) is 9.30. The number of thiophene rings is 1. The Morgan fingerprint density at radius 2 is 2.00 bits per heavy atom. The van der Waals surface area contributed by atoms with Crippen molar-refractivity contribution in [2.24, 2.45) is 0 Å². The van der Waals surface area contributed by atoms with Crippen molar-refractivity contribution in [2.75, 3.05) is 29.9 Å². The third-order valence-electron chi connectivity index (χ3n) is 5.16. The SMILES string of the molecule is CCOC(=O)OC1CCN(c2nc(NCc3ccccc3)c3c(C)csc3n2)CC1. The molecule has 0 spiro atoms. The van der Waals surface area contributed by atoms with E-state index in [1.165, 1.54) is 11.1 Å². The molecule has 0 amide bonds. The lowest BCUT2D eigenvalue weighted by Crippen LogP contribution is -2.39. The fraction of sp³-hybridized carbons (Fsp3) is 0.409. The average Bonchev–Trinajstić information content (AvgIpc) is 3.14. The molecule has 1 saturated heterocycles. The predicted molar refractivity (Wildman–Crippen MR) is 119 cm³/mol. The van der Waals surface area contributed by atoms with Gasteiger partial charge in [0.1, 0.15) is 16.8 Å². The molecule has 3 heterocycles. The summed E-state index contributed by atoms with van der Waals surface area (Å²) >= 11 is 1.64. The lowest BCUT2D eigenvalue weighted by atomic mass is 10.1. The van der Waals surface area contributed by atoms with E-state index < -0.39 is 6.16 Å². The van der Waals surface area contributed by atoms with E-state index in [1.54, 1.807) is 18.3 Å². The van der Waals surface area contributed by atoms with Crippen LogP contribution >= 0.6 is 11.3 Å². The first kappa shape index (κ1) is 20.4. The number of hydrogen-bond donors (Lipinski definition) is 1. The van der Waals surface area contributed by atoms with Crippen molar-refractivity contribution in [2.45, 2.75) is 39.3 Å². The molecule has 0 bridgehead atoms. The van der Waals surface area contributed by atoms with Crippen LogP contribution in [-0.2, 0) is 16.0 Å². The summed E-state index contributed by atoms with van der Waals surface area (Å²) in [6.07, 6.45) is 0.756. The largest absolute Gasteiger partial charge is 0.508 e. The number of aromatic nitrogens is 2. The summed E-state index contributed by atoms with van der Waals surface area (Å²) in [5, 5.41) is 6.71. The zero-order valence-electron chi connectivity index (χ0n) is 17.3. The molecule has 0 unspecified atom stereocenters. The van der Waals surface area contributed by atoms with Gasteiger partial charge in [-0.05, 0) is 30.4 Å². The second-order valence-electron chi connectivity index (χ2n) is 7.30. The molecule has 4 rings (SSSR count). The van der Waals surface area contributed by atoms with E-state index in [1.807, 2.05) is 18.2 Å². The van der Waals surface area contributed by atoms with Gasteiger partial charge in [0.25, 0.3) is 0 Å². The molecule has 0 atom stereocenters. The fourth-order valence-corrected chi connectivity index (χ4v) is 4.50. The maximum Gasteiger partial charge on any atom is 0.508 e. The van der Waals surface area contributed by atoms with Crippen molar-refractivity contribution < 1.29 is 14.3 Å². The lowest BCUT2D eigenvalue weighted by molar-refractivity contribution is 0.0183. The topological polar surface area (TPSA) is 76.6 Å². The van der Waals surface area contributed by atoms with Gasteiger partial charge < -0.3 is 19.7 Å². The molecule has 1 aliphatic rings. The molecule has 1 aromatic carbocycles. The van der Waals surface area contributed by atoms with E-state index in [2.05, 4.69) is 34.7 Å². The predicted octanol–water partition coefficient (Wildman–Crippen LogP) is 4.75. The first-order chi connectivity index (χ1) is 14.6. The summed E-state index contributed by atoms with van der Waals surface area (Å²) in [6.45, 7) is 6.36. The van der Waals surface area contributed by atoms with Gasteiger partial charge in [-0.2, -0.15) is 4.98 Å². The number of anilines is 2. The van der Waals surface area contributed by atoms with Crippen molar-refractivity contribution in [1.82, 2.24) is 9.97 Å². The van der Waals surface area contributed by atoms with Crippen LogP contribution in [0.4, 0.5) is 16.6 Å². The monoisotopic (exact) mass is 426 g/mol. The van der Waals surface area contributed by atoms with Crippen LogP contribution in [0.15, 0.2) is 35.7 Å². The molecule has 2 aromatic heterocycles. The van der Waals surface area contributed by atoms with E-state index in [-0.39, 0.29) is 6.10 Å². The van der Waals surface area contributed by atoms with Crippen LogP contribution in [0.1, 0.15) is 30.9 Å². The summed E-state index contributed by atoms with van der Waals surface area (Å²) < 4.78 is 10.2. The number of carbonyl (C=O) groups excluding carboxylic acids is 1. The third-order valence-corrected chi connectivity index (χ3v) is 6.15. The highest BCUT2D eigenvalue weighted by atomic mass is 32.1. The first-order valence-corrected chi connectivity index (χ1v) is 11.1. The Morgan fingerprint density at radius 3 is 2.73 bits per heavy atom. The van der Waals surface area contributed by atoms with E-state index in [0.717, 1.165) is 47.9 Å². The molecule has 0 radical (unpaired) electrons. The highest BCUT2D eigenvalue weighted by Gasteiger charge is 2.25. The van der Waals surface area contributed by atoms with E-state index in [4.69, 9.17) is 19.4 Å². The molecule has 0 saturated carbocycles. The molecule has 0 aliphatic carbocycles. The highest BCUT2D eigenvalue weighted by molar-refractivity contribution is 7.17. The second-order valence-corrected chi connectivity index (χ2v) is 8.16. The van der Waals surface area contributed by atoms with Crippen LogP contribution in [0.2, 0.25) is 0 Å². The van der Waals surface area contributed by atoms with Crippen LogP contribution in [0.3, 0.4) is 0 Å². The summed E-state index contributed by atoms with van der Waals surface area (Å²) in [5.74, 6) is 1.58. The van der Waals surface area contributed by atoms with Crippen LogP contribution < -0.4 is 10.2 Å². The minimum atomic E-state index is -0.588. The third kappa shape index (κ3) is 4.64. The van der Waals surface area contributed by atoms with Crippen LogP contribution in [0.5, 0.6) is 0 Å². The smallest absolute Gasteiger partial charge is 0.435 e. The van der Waals surface area contributed by atoms with Crippen LogP contribution in [-0.4, -0.2) is 41.9 Å². The van der Waals surface area contributed by atoms with Crippen molar-refractivity contribution in [3.8, 4) is 0 Å². The number of rotatable bonds is 6. The summed E-state index contributed by atoms with van der Waals surface area (Å²) in [5.41, 5.74) is 2.38. The van der Waals surface area contributed by atoms with Gasteiger partial charge in [-0.3, -0.25) is 0 Å². The quantitative estimate of drug-likeness (QED) is 0.570. The standard InChI is InChI=1S/C22H26N4O3S/c1-3-28-22(27)29-17-9-11-26(12-10-17)21-24-19(18-15(2)14-30-20(18)25-21)23-13-16-7-5-4-6-8-16/h4-8,14,17H,3,9-13H2,1-2H3,(H,23,24,25). The van der Waals surface area contributed by atoms with E-state index in [0.29, 0.717) is 13.2 Å². The van der Waals surface area contributed by atoms with Gasteiger partial charge in [0.2, 0.25) is 5.95 Å². The molecule has 3 aromatic rings. The number of nitrogens with one attached hydrogen (secondary N) is 1. The average molecular weight is 427 g/mol.